The van der Waals surface area contributed by atoms with Gasteiger partial charge in [0, 0.05) is 24.5 Å². The molecule has 166 valence electrons. The smallest absolute Gasteiger partial charge is 0.342 e. The number of H-pyrrole nitrogens is 2. The molecule has 1 heterocycles. The Kier molecular flexibility index (Phi) is 8.42. The van der Waals surface area contributed by atoms with Crippen molar-refractivity contribution in [2.75, 3.05) is 13.2 Å². The molecule has 2 aromatic rings. The molecular formula is C18H22N6O7. The fourth-order valence-electron chi connectivity index (χ4n) is 2.44. The molecule has 0 atom stereocenters. The monoisotopic (exact) mass is 434 g/mol. The minimum Gasteiger partial charge on any atom is -0.490 e. The summed E-state index contributed by atoms with van der Waals surface area (Å²) in [5.74, 6) is -0.291. The average molecular weight is 434 g/mol. The van der Waals surface area contributed by atoms with E-state index < -0.39 is 22.1 Å². The number of nitro groups is 1. The first-order chi connectivity index (χ1) is 14.8. The van der Waals surface area contributed by atoms with E-state index in [0.29, 0.717) is 12.0 Å². The SMILES string of the molecule is CCCOc1c(OCC)cc(/C=N/NC(=O)CCc2n[nH]c(=O)[nH]c2=O)cc1[N+](=O)[O-]. The quantitative estimate of drug-likeness (QED) is 0.261. The van der Waals surface area contributed by atoms with Gasteiger partial charge in [-0.05, 0) is 19.4 Å². The van der Waals surface area contributed by atoms with Gasteiger partial charge in [0.2, 0.25) is 11.7 Å². The molecule has 0 unspecified atom stereocenters. The number of carbonyl (C=O) groups excluding carboxylic acids is 1. The van der Waals surface area contributed by atoms with Crippen LogP contribution in [0, 0.1) is 10.1 Å². The van der Waals surface area contributed by atoms with Crippen molar-refractivity contribution in [3.8, 4) is 11.5 Å². The number of aryl methyl sites for hydroxylation is 1. The normalized spacial score (nSPS) is 10.8. The van der Waals surface area contributed by atoms with E-state index in [1.54, 1.807) is 6.92 Å². The second-order valence-electron chi connectivity index (χ2n) is 6.15. The van der Waals surface area contributed by atoms with Crippen LogP contribution in [0.15, 0.2) is 26.8 Å². The van der Waals surface area contributed by atoms with Gasteiger partial charge >= 0.3 is 11.4 Å². The van der Waals surface area contributed by atoms with Crippen LogP contribution in [0.3, 0.4) is 0 Å². The maximum Gasteiger partial charge on any atom is 0.342 e. The van der Waals surface area contributed by atoms with E-state index in [9.17, 15) is 24.5 Å². The summed E-state index contributed by atoms with van der Waals surface area (Å²) in [4.78, 5) is 47.2. The molecule has 0 fully saturated rings. The molecule has 0 aliphatic heterocycles. The highest BCUT2D eigenvalue weighted by molar-refractivity contribution is 5.85. The van der Waals surface area contributed by atoms with Crippen molar-refractivity contribution in [3.63, 3.8) is 0 Å². The van der Waals surface area contributed by atoms with Crippen molar-refractivity contribution in [1.29, 1.82) is 0 Å². The highest BCUT2D eigenvalue weighted by Gasteiger charge is 2.22. The van der Waals surface area contributed by atoms with Crippen LogP contribution >= 0.6 is 0 Å². The number of nitro benzene ring substituents is 1. The molecule has 0 aliphatic carbocycles. The first-order valence-corrected chi connectivity index (χ1v) is 9.43. The second kappa shape index (κ2) is 11.2. The molecule has 0 saturated carbocycles. The molecule has 0 aliphatic rings. The minimum absolute atomic E-state index is 0.00150. The highest BCUT2D eigenvalue weighted by Crippen LogP contribution is 2.38. The number of carbonyl (C=O) groups is 1. The van der Waals surface area contributed by atoms with Gasteiger partial charge in [-0.1, -0.05) is 6.92 Å². The molecule has 31 heavy (non-hydrogen) atoms. The average Bonchev–Trinajstić information content (AvgIpc) is 2.72. The fraction of sp³-hybridized carbons (Fsp3) is 0.389. The zero-order chi connectivity index (χ0) is 22.8. The number of hydrogen-bond acceptors (Lipinski definition) is 9. The molecule has 0 radical (unpaired) electrons. The van der Waals surface area contributed by atoms with Crippen LogP contribution in [-0.4, -0.2) is 45.4 Å². The predicted molar refractivity (Wildman–Crippen MR) is 110 cm³/mol. The van der Waals surface area contributed by atoms with Gasteiger partial charge in [-0.3, -0.25) is 24.7 Å². The number of hydrazone groups is 1. The van der Waals surface area contributed by atoms with Gasteiger partial charge in [0.15, 0.2) is 5.75 Å². The van der Waals surface area contributed by atoms with E-state index in [2.05, 4.69) is 20.7 Å². The summed E-state index contributed by atoms with van der Waals surface area (Å²) < 4.78 is 10.9. The molecule has 13 nitrogen and oxygen atoms in total. The lowest BCUT2D eigenvalue weighted by Gasteiger charge is -2.12. The Bertz CT molecular complexity index is 1080. The Morgan fingerprint density at radius 3 is 2.74 bits per heavy atom. The van der Waals surface area contributed by atoms with Crippen LogP contribution in [0.2, 0.25) is 0 Å². The number of aromatic nitrogens is 3. The van der Waals surface area contributed by atoms with E-state index in [0.717, 1.165) is 0 Å². The van der Waals surface area contributed by atoms with Gasteiger partial charge in [-0.2, -0.15) is 10.2 Å². The number of nitrogens with zero attached hydrogens (tertiary/aromatic N) is 3. The van der Waals surface area contributed by atoms with E-state index in [1.807, 2.05) is 11.9 Å². The van der Waals surface area contributed by atoms with Gasteiger partial charge in [0.25, 0.3) is 5.56 Å². The third-order valence-electron chi connectivity index (χ3n) is 3.78. The third kappa shape index (κ3) is 6.76. The lowest BCUT2D eigenvalue weighted by molar-refractivity contribution is -0.386. The summed E-state index contributed by atoms with van der Waals surface area (Å²) >= 11 is 0. The van der Waals surface area contributed by atoms with E-state index >= 15 is 0 Å². The minimum atomic E-state index is -0.741. The maximum atomic E-state index is 11.9. The Morgan fingerprint density at radius 2 is 2.10 bits per heavy atom. The number of benzene rings is 1. The number of aromatic amines is 2. The first kappa shape index (κ1) is 23.3. The Balaban J connectivity index is 2.09. The largest absolute Gasteiger partial charge is 0.490 e. The molecular weight excluding hydrogens is 412 g/mol. The van der Waals surface area contributed by atoms with Gasteiger partial charge in [-0.15, -0.1) is 0 Å². The summed E-state index contributed by atoms with van der Waals surface area (Å²) in [5, 5.41) is 20.9. The first-order valence-electron chi connectivity index (χ1n) is 9.43. The van der Waals surface area contributed by atoms with Crippen molar-refractivity contribution in [1.82, 2.24) is 20.6 Å². The second-order valence-corrected chi connectivity index (χ2v) is 6.15. The highest BCUT2D eigenvalue weighted by atomic mass is 16.6. The van der Waals surface area contributed by atoms with E-state index in [1.165, 1.54) is 18.3 Å². The summed E-state index contributed by atoms with van der Waals surface area (Å²) in [5.41, 5.74) is 0.871. The van der Waals surface area contributed by atoms with Crippen molar-refractivity contribution < 1.29 is 19.2 Å². The molecule has 1 aromatic heterocycles. The maximum absolute atomic E-state index is 11.9. The van der Waals surface area contributed by atoms with Crippen LogP contribution in [0.5, 0.6) is 11.5 Å². The van der Waals surface area contributed by atoms with E-state index in [-0.39, 0.29) is 48.9 Å². The molecule has 1 aromatic carbocycles. The van der Waals surface area contributed by atoms with Crippen LogP contribution in [0.25, 0.3) is 0 Å². The molecule has 0 saturated heterocycles. The summed E-state index contributed by atoms with van der Waals surface area (Å²) in [7, 11) is 0. The molecule has 2 rings (SSSR count). The number of ether oxygens (including phenoxy) is 2. The topological polar surface area (TPSA) is 182 Å². The van der Waals surface area contributed by atoms with E-state index in [4.69, 9.17) is 9.47 Å². The van der Waals surface area contributed by atoms with Gasteiger partial charge in [0.05, 0.1) is 24.4 Å². The zero-order valence-corrected chi connectivity index (χ0v) is 17.0. The standard InChI is InChI=1S/C18H22N6O7/c1-3-7-31-16-13(24(28)29)8-11(9-14(16)30-4-2)10-19-22-15(25)6-5-12-17(26)20-18(27)23-21-12/h8-10H,3-7H2,1-2H3,(H,22,25)(H2,20,23,26,27)/b19-10+. The molecule has 1 amide bonds. The van der Waals surface area contributed by atoms with Crippen LogP contribution in [-0.2, 0) is 11.2 Å². The third-order valence-corrected chi connectivity index (χ3v) is 3.78. The Hall–Kier alpha value is -4.03. The summed E-state index contributed by atoms with van der Waals surface area (Å²) in [6.07, 6.45) is 1.75. The Labute approximate surface area is 175 Å². The lowest BCUT2D eigenvalue weighted by atomic mass is 10.2. The lowest BCUT2D eigenvalue weighted by Crippen LogP contribution is -2.28. The summed E-state index contributed by atoms with van der Waals surface area (Å²) in [6.45, 7) is 4.17. The van der Waals surface area contributed by atoms with Crippen molar-refractivity contribution >= 4 is 17.8 Å². The van der Waals surface area contributed by atoms with Crippen LogP contribution in [0.4, 0.5) is 5.69 Å². The number of nitrogens with one attached hydrogen (secondary N) is 3. The van der Waals surface area contributed by atoms with Gasteiger partial charge in [0.1, 0.15) is 5.69 Å². The van der Waals surface area contributed by atoms with Crippen molar-refractivity contribution in [3.05, 3.63) is 54.3 Å². The van der Waals surface area contributed by atoms with Crippen LogP contribution in [0.1, 0.15) is 37.9 Å². The number of rotatable bonds is 11. The summed E-state index contributed by atoms with van der Waals surface area (Å²) in [6, 6.07) is 2.77. The van der Waals surface area contributed by atoms with Crippen LogP contribution < -0.4 is 26.1 Å². The number of amides is 1. The predicted octanol–water partition coefficient (Wildman–Crippen LogP) is 0.637. The molecule has 0 spiro atoms. The molecule has 3 N–H and O–H groups in total. The van der Waals surface area contributed by atoms with Gasteiger partial charge < -0.3 is 9.47 Å². The van der Waals surface area contributed by atoms with Gasteiger partial charge in [-0.25, -0.2) is 15.3 Å². The zero-order valence-electron chi connectivity index (χ0n) is 17.0. The number of hydrogen-bond donors (Lipinski definition) is 3. The fourth-order valence-corrected chi connectivity index (χ4v) is 2.44. The Morgan fingerprint density at radius 1 is 1.32 bits per heavy atom. The van der Waals surface area contributed by atoms with Crippen molar-refractivity contribution in [2.24, 2.45) is 5.10 Å². The molecule has 13 heteroatoms. The molecule has 0 bridgehead atoms. The van der Waals surface area contributed by atoms with Crippen molar-refractivity contribution in [2.45, 2.75) is 33.1 Å².